The largest absolute Gasteiger partial charge is 0.381 e. The van der Waals surface area contributed by atoms with Gasteiger partial charge in [-0.3, -0.25) is 9.80 Å². The molecule has 0 radical (unpaired) electrons. The third kappa shape index (κ3) is 3.53. The van der Waals surface area contributed by atoms with Gasteiger partial charge in [0.1, 0.15) is 0 Å². The lowest BCUT2D eigenvalue weighted by Gasteiger charge is -2.46. The minimum Gasteiger partial charge on any atom is -0.381 e. The topological polar surface area (TPSA) is 24.9 Å². The first kappa shape index (κ1) is 14.8. The van der Waals surface area contributed by atoms with E-state index in [1.165, 1.54) is 39.0 Å². The first-order valence-corrected chi connectivity index (χ1v) is 8.36. The molecular weight excluding hydrogens is 252 g/mol. The average Bonchev–Trinajstić information content (AvgIpc) is 3.06. The summed E-state index contributed by atoms with van der Waals surface area (Å²) in [5.74, 6) is 1.53. The maximum atomic E-state index is 5.53. The Morgan fingerprint density at radius 2 is 1.40 bits per heavy atom. The molecule has 0 aromatic carbocycles. The molecule has 4 heteroatoms. The van der Waals surface area contributed by atoms with Crippen molar-refractivity contribution < 1.29 is 9.47 Å². The zero-order valence-electron chi connectivity index (χ0n) is 13.1. The molecule has 3 aliphatic rings. The van der Waals surface area contributed by atoms with Crippen molar-refractivity contribution in [1.29, 1.82) is 0 Å². The highest BCUT2D eigenvalue weighted by Crippen LogP contribution is 2.23. The van der Waals surface area contributed by atoms with Gasteiger partial charge in [0.15, 0.2) is 0 Å². The van der Waals surface area contributed by atoms with Gasteiger partial charge >= 0.3 is 0 Å². The number of hydrogen-bond donors (Lipinski definition) is 0. The summed E-state index contributed by atoms with van der Waals surface area (Å²) >= 11 is 0. The van der Waals surface area contributed by atoms with Crippen molar-refractivity contribution in [3.8, 4) is 0 Å². The molecule has 3 aliphatic heterocycles. The van der Waals surface area contributed by atoms with E-state index in [0.717, 1.165) is 38.3 Å². The highest BCUT2D eigenvalue weighted by atomic mass is 16.5. The molecule has 3 fully saturated rings. The molecule has 0 N–H and O–H groups in total. The zero-order chi connectivity index (χ0) is 13.9. The molecular formula is C16H30N2O2. The number of nitrogens with zero attached hydrogens (tertiary/aromatic N) is 2. The molecule has 0 bridgehead atoms. The Labute approximate surface area is 123 Å². The van der Waals surface area contributed by atoms with Gasteiger partial charge in [-0.25, -0.2) is 0 Å². The quantitative estimate of drug-likeness (QED) is 0.779. The van der Waals surface area contributed by atoms with Crippen LogP contribution in [0.25, 0.3) is 0 Å². The second-order valence-corrected chi connectivity index (χ2v) is 7.07. The molecule has 0 aromatic heterocycles. The van der Waals surface area contributed by atoms with Gasteiger partial charge in [-0.15, -0.1) is 0 Å². The van der Waals surface area contributed by atoms with Crippen LogP contribution in [0.1, 0.15) is 26.7 Å². The molecule has 0 saturated carbocycles. The third-order valence-corrected chi connectivity index (χ3v) is 5.21. The maximum Gasteiger partial charge on any atom is 0.0507 e. The fourth-order valence-corrected chi connectivity index (χ4v) is 4.09. The van der Waals surface area contributed by atoms with E-state index in [-0.39, 0.29) is 0 Å². The smallest absolute Gasteiger partial charge is 0.0507 e. The summed E-state index contributed by atoms with van der Waals surface area (Å²) in [6.07, 6.45) is 2.50. The van der Waals surface area contributed by atoms with Gasteiger partial charge in [0.25, 0.3) is 0 Å². The van der Waals surface area contributed by atoms with Gasteiger partial charge in [-0.1, -0.05) is 0 Å². The molecule has 4 atom stereocenters. The Morgan fingerprint density at radius 1 is 0.850 bits per heavy atom. The standard InChI is InChI=1S/C16H30N2O2/c1-13-7-17(9-15-3-5-19-11-15)8-14(2)18(13)10-16-4-6-20-12-16/h13-16H,3-12H2,1-2H3/t13-,14+,15-,16-/m0/s1. The van der Waals surface area contributed by atoms with Crippen molar-refractivity contribution in [3.63, 3.8) is 0 Å². The SMILES string of the molecule is C[C@@H]1CN(C[C@@H]2CCOC2)C[C@H](C)N1C[C@@H]1CCOC1. The van der Waals surface area contributed by atoms with E-state index in [2.05, 4.69) is 23.6 Å². The lowest BCUT2D eigenvalue weighted by atomic mass is 10.0. The van der Waals surface area contributed by atoms with Gasteiger partial charge in [0.2, 0.25) is 0 Å². The Hall–Kier alpha value is -0.160. The van der Waals surface area contributed by atoms with Crippen LogP contribution in [-0.2, 0) is 9.47 Å². The van der Waals surface area contributed by atoms with E-state index in [0.29, 0.717) is 12.1 Å². The van der Waals surface area contributed by atoms with Crippen LogP contribution in [0.15, 0.2) is 0 Å². The van der Waals surface area contributed by atoms with E-state index >= 15 is 0 Å². The number of piperazine rings is 1. The van der Waals surface area contributed by atoms with E-state index in [9.17, 15) is 0 Å². The monoisotopic (exact) mass is 282 g/mol. The summed E-state index contributed by atoms with van der Waals surface area (Å²) in [6.45, 7) is 13.6. The van der Waals surface area contributed by atoms with E-state index < -0.39 is 0 Å². The normalized spacial score (nSPS) is 40.5. The van der Waals surface area contributed by atoms with Gasteiger partial charge in [-0.05, 0) is 38.5 Å². The average molecular weight is 282 g/mol. The summed E-state index contributed by atoms with van der Waals surface area (Å²) in [6, 6.07) is 1.34. The van der Waals surface area contributed by atoms with Crippen molar-refractivity contribution in [3.05, 3.63) is 0 Å². The molecule has 0 unspecified atom stereocenters. The van der Waals surface area contributed by atoms with Crippen molar-refractivity contribution in [2.24, 2.45) is 11.8 Å². The van der Waals surface area contributed by atoms with Crippen LogP contribution >= 0.6 is 0 Å². The van der Waals surface area contributed by atoms with Crippen LogP contribution in [0.3, 0.4) is 0 Å². The summed E-state index contributed by atoms with van der Waals surface area (Å²) in [5.41, 5.74) is 0. The van der Waals surface area contributed by atoms with Crippen LogP contribution in [-0.4, -0.2) is 74.5 Å². The van der Waals surface area contributed by atoms with Crippen molar-refractivity contribution in [2.45, 2.75) is 38.8 Å². The van der Waals surface area contributed by atoms with E-state index in [4.69, 9.17) is 9.47 Å². The number of hydrogen-bond acceptors (Lipinski definition) is 4. The number of ether oxygens (including phenoxy) is 2. The summed E-state index contributed by atoms with van der Waals surface area (Å²) in [4.78, 5) is 5.37. The molecule has 3 saturated heterocycles. The van der Waals surface area contributed by atoms with E-state index in [1.807, 2.05) is 0 Å². The van der Waals surface area contributed by atoms with Crippen LogP contribution in [0.2, 0.25) is 0 Å². The third-order valence-electron chi connectivity index (χ3n) is 5.21. The van der Waals surface area contributed by atoms with Crippen molar-refractivity contribution in [2.75, 3.05) is 52.6 Å². The van der Waals surface area contributed by atoms with Crippen LogP contribution < -0.4 is 0 Å². The fourth-order valence-electron chi connectivity index (χ4n) is 4.09. The first-order chi connectivity index (χ1) is 9.72. The molecule has 4 nitrogen and oxygen atoms in total. The number of rotatable bonds is 4. The molecule has 3 rings (SSSR count). The van der Waals surface area contributed by atoms with Gasteiger partial charge in [-0.2, -0.15) is 0 Å². The summed E-state index contributed by atoms with van der Waals surface area (Å²) in [5, 5.41) is 0. The lowest BCUT2D eigenvalue weighted by Crippen LogP contribution is -2.58. The first-order valence-electron chi connectivity index (χ1n) is 8.36. The molecule has 0 spiro atoms. The fraction of sp³-hybridized carbons (Fsp3) is 1.00. The second kappa shape index (κ2) is 6.73. The van der Waals surface area contributed by atoms with Crippen LogP contribution in [0.5, 0.6) is 0 Å². The van der Waals surface area contributed by atoms with Gasteiger partial charge in [0, 0.05) is 51.5 Å². The van der Waals surface area contributed by atoms with Crippen LogP contribution in [0, 0.1) is 11.8 Å². The summed E-state index contributed by atoms with van der Waals surface area (Å²) < 4.78 is 11.0. The van der Waals surface area contributed by atoms with Gasteiger partial charge < -0.3 is 9.47 Å². The molecule has 0 aromatic rings. The van der Waals surface area contributed by atoms with Crippen molar-refractivity contribution in [1.82, 2.24) is 9.80 Å². The predicted molar refractivity (Wildman–Crippen MR) is 79.9 cm³/mol. The maximum absolute atomic E-state index is 5.53. The molecule has 20 heavy (non-hydrogen) atoms. The lowest BCUT2D eigenvalue weighted by molar-refractivity contribution is 0.0186. The highest BCUT2D eigenvalue weighted by molar-refractivity contribution is 4.87. The molecule has 116 valence electrons. The highest BCUT2D eigenvalue weighted by Gasteiger charge is 2.33. The van der Waals surface area contributed by atoms with Crippen LogP contribution in [0.4, 0.5) is 0 Å². The summed E-state index contributed by atoms with van der Waals surface area (Å²) in [7, 11) is 0. The Kier molecular flexibility index (Phi) is 4.97. The Balaban J connectivity index is 1.49. The molecule has 0 amide bonds. The Morgan fingerprint density at radius 3 is 1.90 bits per heavy atom. The van der Waals surface area contributed by atoms with Gasteiger partial charge in [0.05, 0.1) is 13.2 Å². The zero-order valence-corrected chi connectivity index (χ0v) is 13.1. The predicted octanol–water partition coefficient (Wildman–Crippen LogP) is 1.45. The second-order valence-electron chi connectivity index (χ2n) is 7.07. The molecule has 3 heterocycles. The molecule has 0 aliphatic carbocycles. The minimum absolute atomic E-state index is 0.668. The van der Waals surface area contributed by atoms with Crippen molar-refractivity contribution >= 4 is 0 Å². The van der Waals surface area contributed by atoms with E-state index in [1.54, 1.807) is 0 Å². The Bertz CT molecular complexity index is 289. The minimum atomic E-state index is 0.668.